The highest BCUT2D eigenvalue weighted by molar-refractivity contribution is 5.87. The summed E-state index contributed by atoms with van der Waals surface area (Å²) in [6.45, 7) is 1.32. The van der Waals surface area contributed by atoms with Crippen LogP contribution in [0.15, 0.2) is 24.0 Å². The molecule has 2 N–H and O–H groups in total. The van der Waals surface area contributed by atoms with Crippen LogP contribution in [0.3, 0.4) is 0 Å². The monoisotopic (exact) mass is 196 g/mol. The second kappa shape index (κ2) is 3.65. The molecule has 1 unspecified atom stereocenters. The topological polar surface area (TPSA) is 74.6 Å². The van der Waals surface area contributed by atoms with Crippen LogP contribution in [0.5, 0.6) is 0 Å². The number of hydrogen-bond acceptors (Lipinski definition) is 3. The number of carbonyl (C=O) groups is 2. The van der Waals surface area contributed by atoms with Gasteiger partial charge in [0.05, 0.1) is 0 Å². The molecule has 0 heterocycles. The molecular weight excluding hydrogens is 184 g/mol. The highest BCUT2D eigenvalue weighted by atomic mass is 16.4. The number of aliphatic hydroxyl groups is 1. The molecule has 1 aliphatic carbocycles. The molecule has 1 rings (SSSR count). The first-order valence-electron chi connectivity index (χ1n) is 4.28. The van der Waals surface area contributed by atoms with Crippen molar-refractivity contribution < 1.29 is 19.8 Å². The molecule has 4 nitrogen and oxygen atoms in total. The lowest BCUT2D eigenvalue weighted by atomic mass is 9.76. The maximum absolute atomic E-state index is 11.0. The predicted octanol–water partition coefficient (Wildman–Crippen LogP) is 1.44. The van der Waals surface area contributed by atoms with E-state index in [1.165, 1.54) is 13.0 Å². The summed E-state index contributed by atoms with van der Waals surface area (Å²) in [4.78, 5) is 22.0. The van der Waals surface area contributed by atoms with Crippen molar-refractivity contribution in [1.29, 1.82) is 0 Å². The smallest absolute Gasteiger partial charge is 0.318 e. The third-order valence-corrected chi connectivity index (χ3v) is 2.31. The fourth-order valence-corrected chi connectivity index (χ4v) is 1.55. The first-order chi connectivity index (χ1) is 6.49. The van der Waals surface area contributed by atoms with Crippen LogP contribution < -0.4 is 0 Å². The standard InChI is InChI=1S/C10H12O4/c1-7(11)6-10(9(13)14)5-3-2-4-8(10)12/h2-4,12H,5-6H2,1H3,(H,13,14). The van der Waals surface area contributed by atoms with Gasteiger partial charge in [-0.05, 0) is 19.4 Å². The lowest BCUT2D eigenvalue weighted by Gasteiger charge is -2.28. The zero-order valence-electron chi connectivity index (χ0n) is 7.86. The summed E-state index contributed by atoms with van der Waals surface area (Å²) in [6.07, 6.45) is 4.52. The molecule has 4 heteroatoms. The number of allylic oxidation sites excluding steroid dienone is 3. The molecular formula is C10H12O4. The van der Waals surface area contributed by atoms with Crippen LogP contribution in [0.1, 0.15) is 19.8 Å². The Morgan fingerprint density at radius 1 is 1.57 bits per heavy atom. The van der Waals surface area contributed by atoms with E-state index in [4.69, 9.17) is 5.11 Å². The highest BCUT2D eigenvalue weighted by Gasteiger charge is 2.43. The van der Waals surface area contributed by atoms with Gasteiger partial charge in [-0.2, -0.15) is 0 Å². The van der Waals surface area contributed by atoms with E-state index < -0.39 is 11.4 Å². The van der Waals surface area contributed by atoms with Gasteiger partial charge in [0.1, 0.15) is 17.0 Å². The van der Waals surface area contributed by atoms with E-state index >= 15 is 0 Å². The van der Waals surface area contributed by atoms with Gasteiger partial charge in [-0.3, -0.25) is 9.59 Å². The summed E-state index contributed by atoms with van der Waals surface area (Å²) in [6, 6.07) is 0. The van der Waals surface area contributed by atoms with Crippen molar-refractivity contribution in [3.63, 3.8) is 0 Å². The Kier molecular flexibility index (Phi) is 2.74. The SMILES string of the molecule is CC(=O)CC1(C(=O)O)CC=CC=C1O. The minimum Gasteiger partial charge on any atom is -0.511 e. The molecule has 0 aromatic heterocycles. The van der Waals surface area contributed by atoms with Gasteiger partial charge >= 0.3 is 5.97 Å². The maximum Gasteiger partial charge on any atom is 0.318 e. The average Bonchev–Trinajstić information content (AvgIpc) is 2.08. The lowest BCUT2D eigenvalue weighted by molar-refractivity contribution is -0.150. The molecule has 0 aromatic carbocycles. The quantitative estimate of drug-likeness (QED) is 0.716. The van der Waals surface area contributed by atoms with Crippen LogP contribution in [0.4, 0.5) is 0 Å². The van der Waals surface area contributed by atoms with E-state index in [2.05, 4.69) is 0 Å². The van der Waals surface area contributed by atoms with Crippen molar-refractivity contribution >= 4 is 11.8 Å². The molecule has 0 saturated carbocycles. The van der Waals surface area contributed by atoms with Crippen molar-refractivity contribution in [2.45, 2.75) is 19.8 Å². The molecule has 0 radical (unpaired) electrons. The first-order valence-corrected chi connectivity index (χ1v) is 4.28. The number of rotatable bonds is 3. The molecule has 1 aliphatic rings. The summed E-state index contributed by atoms with van der Waals surface area (Å²) in [5, 5.41) is 18.5. The number of carboxylic acids is 1. The average molecular weight is 196 g/mol. The van der Waals surface area contributed by atoms with Gasteiger partial charge in [0.2, 0.25) is 0 Å². The number of Topliss-reactive ketones (excluding diaryl/α,β-unsaturated/α-hetero) is 1. The fourth-order valence-electron chi connectivity index (χ4n) is 1.55. The number of ketones is 1. The van der Waals surface area contributed by atoms with Crippen molar-refractivity contribution in [2.75, 3.05) is 0 Å². The van der Waals surface area contributed by atoms with E-state index in [1.807, 2.05) is 0 Å². The van der Waals surface area contributed by atoms with E-state index in [0.29, 0.717) is 0 Å². The second-order valence-electron chi connectivity index (χ2n) is 3.45. The Morgan fingerprint density at radius 3 is 2.64 bits per heavy atom. The van der Waals surface area contributed by atoms with Gasteiger partial charge in [0.15, 0.2) is 0 Å². The van der Waals surface area contributed by atoms with E-state index in [-0.39, 0.29) is 24.4 Å². The van der Waals surface area contributed by atoms with Crippen molar-refractivity contribution in [1.82, 2.24) is 0 Å². The number of aliphatic carboxylic acids is 1. The Hall–Kier alpha value is -1.58. The Morgan fingerprint density at radius 2 is 2.21 bits per heavy atom. The largest absolute Gasteiger partial charge is 0.511 e. The van der Waals surface area contributed by atoms with Crippen molar-refractivity contribution in [3.8, 4) is 0 Å². The maximum atomic E-state index is 11.0. The normalized spacial score (nSPS) is 25.6. The van der Waals surface area contributed by atoms with E-state index in [1.54, 1.807) is 12.2 Å². The third kappa shape index (κ3) is 1.69. The molecule has 0 amide bonds. The zero-order valence-corrected chi connectivity index (χ0v) is 7.86. The Labute approximate surface area is 81.6 Å². The number of aliphatic hydroxyl groups excluding tert-OH is 1. The van der Waals surface area contributed by atoms with Crippen LogP contribution >= 0.6 is 0 Å². The third-order valence-electron chi connectivity index (χ3n) is 2.31. The second-order valence-corrected chi connectivity index (χ2v) is 3.45. The van der Waals surface area contributed by atoms with Gasteiger partial charge in [0.25, 0.3) is 0 Å². The summed E-state index contributed by atoms with van der Waals surface area (Å²) in [5.74, 6) is -1.66. The Bertz CT molecular complexity index is 327. The van der Waals surface area contributed by atoms with Crippen LogP contribution in [0.2, 0.25) is 0 Å². The molecule has 14 heavy (non-hydrogen) atoms. The summed E-state index contributed by atoms with van der Waals surface area (Å²) in [7, 11) is 0. The van der Waals surface area contributed by atoms with Crippen LogP contribution in [-0.4, -0.2) is 22.0 Å². The number of carboxylic acid groups (broad SMARTS) is 1. The van der Waals surface area contributed by atoms with Gasteiger partial charge in [-0.15, -0.1) is 0 Å². The molecule has 0 aliphatic heterocycles. The molecule has 76 valence electrons. The van der Waals surface area contributed by atoms with Gasteiger partial charge < -0.3 is 10.2 Å². The van der Waals surface area contributed by atoms with Crippen LogP contribution in [-0.2, 0) is 9.59 Å². The highest BCUT2D eigenvalue weighted by Crippen LogP contribution is 2.37. The molecule has 1 atom stereocenters. The van der Waals surface area contributed by atoms with Crippen molar-refractivity contribution in [3.05, 3.63) is 24.0 Å². The van der Waals surface area contributed by atoms with Gasteiger partial charge in [-0.25, -0.2) is 0 Å². The van der Waals surface area contributed by atoms with E-state index in [9.17, 15) is 14.7 Å². The van der Waals surface area contributed by atoms with Crippen LogP contribution in [0.25, 0.3) is 0 Å². The summed E-state index contributed by atoms with van der Waals surface area (Å²) in [5.41, 5.74) is -1.44. The predicted molar refractivity (Wildman–Crippen MR) is 49.8 cm³/mol. The first kappa shape index (κ1) is 10.5. The van der Waals surface area contributed by atoms with Crippen LogP contribution in [0, 0.1) is 5.41 Å². The molecule has 0 spiro atoms. The van der Waals surface area contributed by atoms with Crippen molar-refractivity contribution in [2.24, 2.45) is 5.41 Å². The number of hydrogen-bond donors (Lipinski definition) is 2. The minimum absolute atomic E-state index is 0.157. The summed E-state index contributed by atoms with van der Waals surface area (Å²) >= 11 is 0. The molecule has 0 bridgehead atoms. The number of carbonyl (C=O) groups excluding carboxylic acids is 1. The fraction of sp³-hybridized carbons (Fsp3) is 0.400. The minimum atomic E-state index is -1.44. The zero-order chi connectivity index (χ0) is 10.8. The molecule has 0 fully saturated rings. The van der Waals surface area contributed by atoms with Gasteiger partial charge in [-0.1, -0.05) is 12.2 Å². The molecule has 0 aromatic rings. The molecule has 0 saturated heterocycles. The van der Waals surface area contributed by atoms with E-state index in [0.717, 1.165) is 0 Å². The lowest BCUT2D eigenvalue weighted by Crippen LogP contribution is -2.35. The van der Waals surface area contributed by atoms with Gasteiger partial charge in [0, 0.05) is 6.42 Å². The Balaban J connectivity index is 3.05. The summed E-state index contributed by atoms with van der Waals surface area (Å²) < 4.78 is 0.